The minimum atomic E-state index is -0.406. The highest BCUT2D eigenvalue weighted by molar-refractivity contribution is 8.00. The van der Waals surface area contributed by atoms with Gasteiger partial charge in [-0.1, -0.05) is 36.4 Å². The molecule has 0 heterocycles. The van der Waals surface area contributed by atoms with Crippen LogP contribution < -0.4 is 11.1 Å². The smallest absolute Gasteiger partial charge is 0.237 e. The number of carbonyl (C=O) groups is 3. The van der Waals surface area contributed by atoms with Gasteiger partial charge in [-0.15, -0.1) is 11.8 Å². The molecule has 0 fully saturated rings. The zero-order chi connectivity index (χ0) is 20.5. The first-order valence-electron chi connectivity index (χ1n) is 9.10. The van der Waals surface area contributed by atoms with Gasteiger partial charge in [0.15, 0.2) is 11.6 Å². The van der Waals surface area contributed by atoms with Gasteiger partial charge in [0, 0.05) is 27.3 Å². The largest absolute Gasteiger partial charge is 0.399 e. The number of nitrogens with two attached hydrogens (primary N) is 1. The molecule has 1 aliphatic carbocycles. The van der Waals surface area contributed by atoms with Crippen LogP contribution in [0.4, 0.5) is 11.4 Å². The van der Waals surface area contributed by atoms with E-state index in [1.165, 1.54) is 11.8 Å². The number of fused-ring (bicyclic) bond motifs is 2. The van der Waals surface area contributed by atoms with Gasteiger partial charge >= 0.3 is 0 Å². The van der Waals surface area contributed by atoms with E-state index in [0.29, 0.717) is 28.1 Å². The summed E-state index contributed by atoms with van der Waals surface area (Å²) in [5.74, 6) is -0.722. The Morgan fingerprint density at radius 3 is 2.17 bits per heavy atom. The van der Waals surface area contributed by atoms with Crippen LogP contribution in [0.5, 0.6) is 0 Å². The molecule has 1 aliphatic rings. The molecule has 29 heavy (non-hydrogen) atoms. The van der Waals surface area contributed by atoms with Gasteiger partial charge in [-0.2, -0.15) is 0 Å². The molecule has 1 unspecified atom stereocenters. The molecule has 4 rings (SSSR count). The van der Waals surface area contributed by atoms with Crippen LogP contribution in [0.15, 0.2) is 71.6 Å². The number of anilines is 2. The second-order valence-corrected chi connectivity index (χ2v) is 8.16. The van der Waals surface area contributed by atoms with Crippen molar-refractivity contribution < 1.29 is 14.4 Å². The first-order valence-corrected chi connectivity index (χ1v) is 9.98. The number of thioether (sulfide) groups is 1. The predicted octanol–water partition coefficient (Wildman–Crippen LogP) is 4.16. The molecule has 0 bridgehead atoms. The first kappa shape index (κ1) is 19.0. The fourth-order valence-corrected chi connectivity index (χ4v) is 4.16. The van der Waals surface area contributed by atoms with E-state index in [9.17, 15) is 14.4 Å². The quantitative estimate of drug-likeness (QED) is 0.395. The van der Waals surface area contributed by atoms with Gasteiger partial charge in [0.2, 0.25) is 5.91 Å². The number of hydrogen-bond acceptors (Lipinski definition) is 5. The topological polar surface area (TPSA) is 89.3 Å². The van der Waals surface area contributed by atoms with Gasteiger partial charge < -0.3 is 11.1 Å². The number of hydrogen-bond donors (Lipinski definition) is 2. The first-order chi connectivity index (χ1) is 14.0. The van der Waals surface area contributed by atoms with Crippen LogP contribution in [0.3, 0.4) is 0 Å². The SMILES string of the molecule is CC(Sc1ccc(N)cc1)C(=O)Nc1cccc2c1C(=O)c1ccccc1C2=O. The van der Waals surface area contributed by atoms with Crippen LogP contribution in [-0.4, -0.2) is 22.7 Å². The Labute approximate surface area is 172 Å². The summed E-state index contributed by atoms with van der Waals surface area (Å²) in [7, 11) is 0. The molecular weight excluding hydrogens is 384 g/mol. The molecule has 5 nitrogen and oxygen atoms in total. The minimum absolute atomic E-state index is 0.212. The number of benzene rings is 3. The van der Waals surface area contributed by atoms with Crippen molar-refractivity contribution in [2.24, 2.45) is 0 Å². The normalized spacial score (nSPS) is 13.4. The fourth-order valence-electron chi connectivity index (χ4n) is 3.29. The van der Waals surface area contributed by atoms with Crippen molar-refractivity contribution in [3.63, 3.8) is 0 Å². The molecule has 3 aromatic rings. The third-order valence-corrected chi connectivity index (χ3v) is 5.88. The summed E-state index contributed by atoms with van der Waals surface area (Å²) in [5.41, 5.74) is 8.01. The van der Waals surface area contributed by atoms with Crippen molar-refractivity contribution in [1.29, 1.82) is 0 Å². The molecule has 0 radical (unpaired) electrons. The average Bonchev–Trinajstić information content (AvgIpc) is 2.73. The molecule has 0 spiro atoms. The van der Waals surface area contributed by atoms with Crippen molar-refractivity contribution in [3.05, 3.63) is 89.0 Å². The Balaban J connectivity index is 1.60. The number of ketones is 2. The lowest BCUT2D eigenvalue weighted by atomic mass is 9.83. The van der Waals surface area contributed by atoms with Crippen LogP contribution in [0.2, 0.25) is 0 Å². The van der Waals surface area contributed by atoms with Crippen LogP contribution >= 0.6 is 11.8 Å². The summed E-state index contributed by atoms with van der Waals surface area (Å²) in [6, 6.07) is 18.9. The van der Waals surface area contributed by atoms with Gasteiger partial charge in [0.05, 0.1) is 16.5 Å². The molecule has 0 saturated heterocycles. The van der Waals surface area contributed by atoms with Crippen molar-refractivity contribution in [2.75, 3.05) is 11.1 Å². The molecule has 0 saturated carbocycles. The molecule has 1 atom stereocenters. The molecule has 144 valence electrons. The lowest BCUT2D eigenvalue weighted by Gasteiger charge is -2.21. The summed E-state index contributed by atoms with van der Waals surface area (Å²) in [4.78, 5) is 39.5. The Hall–Kier alpha value is -3.38. The maximum Gasteiger partial charge on any atom is 0.237 e. The van der Waals surface area contributed by atoms with Crippen molar-refractivity contribution in [1.82, 2.24) is 0 Å². The third-order valence-electron chi connectivity index (χ3n) is 4.77. The Kier molecular flexibility index (Phi) is 4.94. The van der Waals surface area contributed by atoms with E-state index in [1.54, 1.807) is 61.5 Å². The highest BCUT2D eigenvalue weighted by Crippen LogP contribution is 2.32. The van der Waals surface area contributed by atoms with E-state index in [4.69, 9.17) is 5.73 Å². The molecular formula is C23H18N2O3S. The van der Waals surface area contributed by atoms with E-state index in [0.717, 1.165) is 4.90 Å². The standard InChI is InChI=1S/C23H18N2O3S/c1-13(29-15-11-9-14(24)10-12-15)23(28)25-19-8-4-7-18-20(19)22(27)17-6-3-2-5-16(17)21(18)26/h2-13H,24H2,1H3,(H,25,28). The summed E-state index contributed by atoms with van der Waals surface area (Å²) in [6.45, 7) is 1.79. The summed E-state index contributed by atoms with van der Waals surface area (Å²) in [6.07, 6.45) is 0. The van der Waals surface area contributed by atoms with E-state index in [2.05, 4.69) is 5.32 Å². The summed E-state index contributed by atoms with van der Waals surface area (Å²) < 4.78 is 0. The molecule has 0 aromatic heterocycles. The maximum absolute atomic E-state index is 13.0. The summed E-state index contributed by atoms with van der Waals surface area (Å²) in [5, 5.41) is 2.42. The molecule has 3 N–H and O–H groups in total. The van der Waals surface area contributed by atoms with Gasteiger partial charge in [-0.05, 0) is 37.3 Å². The van der Waals surface area contributed by atoms with Gasteiger partial charge in [-0.25, -0.2) is 0 Å². The average molecular weight is 402 g/mol. The number of rotatable bonds is 4. The highest BCUT2D eigenvalue weighted by atomic mass is 32.2. The lowest BCUT2D eigenvalue weighted by molar-refractivity contribution is -0.115. The number of nitrogen functional groups attached to an aromatic ring is 1. The molecule has 1 amide bonds. The van der Waals surface area contributed by atoms with Crippen molar-refractivity contribution in [3.8, 4) is 0 Å². The number of nitrogens with one attached hydrogen (secondary N) is 1. The second-order valence-electron chi connectivity index (χ2n) is 6.75. The maximum atomic E-state index is 13.0. The van der Waals surface area contributed by atoms with Crippen LogP contribution in [0.25, 0.3) is 0 Å². The van der Waals surface area contributed by atoms with E-state index < -0.39 is 5.25 Å². The molecule has 6 heteroatoms. The van der Waals surface area contributed by atoms with Crippen LogP contribution in [-0.2, 0) is 4.79 Å². The van der Waals surface area contributed by atoms with Crippen LogP contribution in [0.1, 0.15) is 38.8 Å². The minimum Gasteiger partial charge on any atom is -0.399 e. The van der Waals surface area contributed by atoms with E-state index in [1.807, 2.05) is 12.1 Å². The van der Waals surface area contributed by atoms with Crippen molar-refractivity contribution in [2.45, 2.75) is 17.1 Å². The monoisotopic (exact) mass is 402 g/mol. The van der Waals surface area contributed by atoms with E-state index >= 15 is 0 Å². The van der Waals surface area contributed by atoms with Gasteiger partial charge in [0.1, 0.15) is 0 Å². The Morgan fingerprint density at radius 1 is 0.862 bits per heavy atom. The predicted molar refractivity (Wildman–Crippen MR) is 115 cm³/mol. The zero-order valence-electron chi connectivity index (χ0n) is 15.6. The lowest BCUT2D eigenvalue weighted by Crippen LogP contribution is -2.27. The fraction of sp³-hybridized carbons (Fsp3) is 0.0870. The second kappa shape index (κ2) is 7.56. The van der Waals surface area contributed by atoms with Gasteiger partial charge in [0.25, 0.3) is 0 Å². The summed E-state index contributed by atoms with van der Waals surface area (Å²) >= 11 is 1.39. The Bertz CT molecular complexity index is 1140. The molecule has 3 aromatic carbocycles. The van der Waals surface area contributed by atoms with Crippen molar-refractivity contribution >= 4 is 40.6 Å². The Morgan fingerprint density at radius 2 is 1.48 bits per heavy atom. The van der Waals surface area contributed by atoms with Crippen LogP contribution in [0, 0.1) is 0 Å². The number of amides is 1. The number of carbonyl (C=O) groups excluding carboxylic acids is 3. The van der Waals surface area contributed by atoms with Gasteiger partial charge in [-0.3, -0.25) is 14.4 Å². The van der Waals surface area contributed by atoms with E-state index in [-0.39, 0.29) is 23.0 Å². The third kappa shape index (κ3) is 3.54. The molecule has 0 aliphatic heterocycles. The zero-order valence-corrected chi connectivity index (χ0v) is 16.5. The highest BCUT2D eigenvalue weighted by Gasteiger charge is 2.32.